The number of amides is 1. The standard InChI is InChI=1S/C25H17ClF5N7O2/c1-37-18(10-33-36-37)15-9-17(34-24(39)11-5-12(25(29,30)31)7-14(28)6-11)22(20-21(15)38(2)35-23(20)32)40-19-8-13(27)3-4-16(19)26/h3-10H,1-2H3,(H2,32,35)(H,34,39). The van der Waals surface area contributed by atoms with Gasteiger partial charge in [-0.1, -0.05) is 16.8 Å². The lowest BCUT2D eigenvalue weighted by Crippen LogP contribution is -2.15. The summed E-state index contributed by atoms with van der Waals surface area (Å²) < 4.78 is 76.8. The molecule has 0 atom stereocenters. The molecule has 3 aromatic carbocycles. The number of alkyl halides is 3. The van der Waals surface area contributed by atoms with Crippen LogP contribution in [-0.2, 0) is 20.3 Å². The quantitative estimate of drug-likeness (QED) is 0.250. The lowest BCUT2D eigenvalue weighted by atomic mass is 10.0. The molecular formula is C25H17ClF5N7O2. The van der Waals surface area contributed by atoms with Crippen LogP contribution in [-0.4, -0.2) is 30.7 Å². The van der Waals surface area contributed by atoms with E-state index in [0.29, 0.717) is 28.9 Å². The molecule has 2 heterocycles. The summed E-state index contributed by atoms with van der Waals surface area (Å²) >= 11 is 6.21. The number of aromatic nitrogens is 5. The molecule has 0 aliphatic carbocycles. The molecule has 5 aromatic rings. The van der Waals surface area contributed by atoms with Gasteiger partial charge in [0, 0.05) is 31.3 Å². The summed E-state index contributed by atoms with van der Waals surface area (Å²) in [6.45, 7) is 0. The van der Waals surface area contributed by atoms with Crippen molar-refractivity contribution in [3.05, 3.63) is 76.4 Å². The summed E-state index contributed by atoms with van der Waals surface area (Å²) in [5, 5.41) is 14.6. The van der Waals surface area contributed by atoms with E-state index >= 15 is 0 Å². The molecule has 0 spiro atoms. The van der Waals surface area contributed by atoms with E-state index in [1.807, 2.05) is 0 Å². The summed E-state index contributed by atoms with van der Waals surface area (Å²) in [6.07, 6.45) is -3.47. The minimum absolute atomic E-state index is 0.00847. The number of nitrogens with one attached hydrogen (secondary N) is 1. The maximum atomic E-state index is 14.1. The summed E-state index contributed by atoms with van der Waals surface area (Å²) in [4.78, 5) is 13.2. The van der Waals surface area contributed by atoms with Crippen molar-refractivity contribution in [1.29, 1.82) is 0 Å². The van der Waals surface area contributed by atoms with E-state index in [4.69, 9.17) is 22.1 Å². The second-order valence-electron chi connectivity index (χ2n) is 8.63. The Bertz CT molecular complexity index is 1800. The predicted octanol–water partition coefficient (Wildman–Crippen LogP) is 5.95. The highest BCUT2D eigenvalue weighted by molar-refractivity contribution is 6.32. The van der Waals surface area contributed by atoms with Gasteiger partial charge in [0.15, 0.2) is 11.6 Å². The number of nitrogen functional groups attached to an aromatic ring is 1. The smallest absolute Gasteiger partial charge is 0.416 e. The Hall–Kier alpha value is -4.72. The van der Waals surface area contributed by atoms with Gasteiger partial charge < -0.3 is 15.8 Å². The third-order valence-electron chi connectivity index (χ3n) is 5.92. The largest absolute Gasteiger partial charge is 0.453 e. The third-order valence-corrected chi connectivity index (χ3v) is 6.23. The fourth-order valence-electron chi connectivity index (χ4n) is 4.16. The zero-order chi connectivity index (χ0) is 28.9. The van der Waals surface area contributed by atoms with Gasteiger partial charge in [0.1, 0.15) is 17.4 Å². The van der Waals surface area contributed by atoms with Gasteiger partial charge >= 0.3 is 6.18 Å². The molecule has 1 amide bonds. The number of fused-ring (bicyclic) bond motifs is 1. The van der Waals surface area contributed by atoms with Crippen molar-refractivity contribution in [1.82, 2.24) is 24.8 Å². The van der Waals surface area contributed by atoms with Gasteiger partial charge in [0.05, 0.1) is 39.1 Å². The minimum Gasteiger partial charge on any atom is -0.453 e. The molecule has 40 heavy (non-hydrogen) atoms. The van der Waals surface area contributed by atoms with E-state index in [9.17, 15) is 26.7 Å². The summed E-state index contributed by atoms with van der Waals surface area (Å²) in [6, 6.07) is 6.19. The average molecular weight is 578 g/mol. The van der Waals surface area contributed by atoms with Crippen LogP contribution in [0.2, 0.25) is 5.02 Å². The summed E-state index contributed by atoms with van der Waals surface area (Å²) in [7, 11) is 3.20. The van der Waals surface area contributed by atoms with E-state index in [2.05, 4.69) is 20.7 Å². The minimum atomic E-state index is -4.90. The molecule has 2 aromatic heterocycles. The van der Waals surface area contributed by atoms with E-state index in [1.165, 1.54) is 27.7 Å². The van der Waals surface area contributed by atoms with Crippen molar-refractivity contribution in [3.63, 3.8) is 0 Å². The van der Waals surface area contributed by atoms with Crippen molar-refractivity contribution in [2.24, 2.45) is 14.1 Å². The Morgan fingerprint density at radius 2 is 1.80 bits per heavy atom. The van der Waals surface area contributed by atoms with E-state index in [1.54, 1.807) is 14.1 Å². The van der Waals surface area contributed by atoms with Crippen LogP contribution in [0.5, 0.6) is 11.5 Å². The predicted molar refractivity (Wildman–Crippen MR) is 136 cm³/mol. The summed E-state index contributed by atoms with van der Waals surface area (Å²) in [5.74, 6) is -3.41. The van der Waals surface area contributed by atoms with Crippen molar-refractivity contribution in [3.8, 4) is 22.8 Å². The number of anilines is 2. The Balaban J connectivity index is 1.74. The molecule has 0 radical (unpaired) electrons. The average Bonchev–Trinajstić information content (AvgIpc) is 3.43. The molecule has 0 saturated heterocycles. The molecular weight excluding hydrogens is 561 g/mol. The first kappa shape index (κ1) is 26.9. The van der Waals surface area contributed by atoms with Crippen LogP contribution in [0.25, 0.3) is 22.2 Å². The molecule has 0 bridgehead atoms. The van der Waals surface area contributed by atoms with E-state index in [0.717, 1.165) is 12.1 Å². The summed E-state index contributed by atoms with van der Waals surface area (Å²) in [5.41, 5.74) is 5.37. The van der Waals surface area contributed by atoms with Gasteiger partial charge in [-0.05, 0) is 36.4 Å². The van der Waals surface area contributed by atoms with Gasteiger partial charge in [-0.25, -0.2) is 13.5 Å². The van der Waals surface area contributed by atoms with Gasteiger partial charge in [0.2, 0.25) is 0 Å². The Labute approximate surface area is 226 Å². The number of hydrogen-bond donors (Lipinski definition) is 2. The topological polar surface area (TPSA) is 113 Å². The molecule has 0 aliphatic rings. The maximum absolute atomic E-state index is 14.1. The second-order valence-corrected chi connectivity index (χ2v) is 9.04. The molecule has 0 aliphatic heterocycles. The van der Waals surface area contributed by atoms with Gasteiger partial charge in [-0.2, -0.15) is 18.3 Å². The lowest BCUT2D eigenvalue weighted by molar-refractivity contribution is -0.137. The zero-order valence-electron chi connectivity index (χ0n) is 20.5. The number of hydrogen-bond acceptors (Lipinski definition) is 6. The number of ether oxygens (including phenoxy) is 1. The zero-order valence-corrected chi connectivity index (χ0v) is 21.3. The highest BCUT2D eigenvalue weighted by Gasteiger charge is 2.32. The first-order valence-electron chi connectivity index (χ1n) is 11.3. The van der Waals surface area contributed by atoms with Crippen molar-refractivity contribution >= 4 is 39.9 Å². The Kier molecular flexibility index (Phi) is 6.58. The normalized spacial score (nSPS) is 11.7. The maximum Gasteiger partial charge on any atom is 0.416 e. The molecule has 0 fully saturated rings. The monoisotopic (exact) mass is 577 g/mol. The SMILES string of the molecule is Cn1nncc1-c1cc(NC(=O)c2cc(F)cc(C(F)(F)F)c2)c(Oc2cc(F)ccc2Cl)c2c(N)nn(C)c12. The molecule has 3 N–H and O–H groups in total. The van der Waals surface area contributed by atoms with Crippen LogP contribution < -0.4 is 15.8 Å². The highest BCUT2D eigenvalue weighted by atomic mass is 35.5. The van der Waals surface area contributed by atoms with Crippen molar-refractivity contribution in [2.45, 2.75) is 6.18 Å². The number of nitrogens with two attached hydrogens (primary N) is 1. The number of carbonyl (C=O) groups excluding carboxylic acids is 1. The van der Waals surface area contributed by atoms with Crippen molar-refractivity contribution < 1.29 is 31.5 Å². The molecule has 5 rings (SSSR count). The Morgan fingerprint density at radius 1 is 1.05 bits per heavy atom. The third kappa shape index (κ3) is 4.88. The highest BCUT2D eigenvalue weighted by Crippen LogP contribution is 2.46. The molecule has 15 heteroatoms. The number of benzene rings is 3. The van der Waals surface area contributed by atoms with Crippen LogP contribution in [0.3, 0.4) is 0 Å². The number of nitrogens with zero attached hydrogens (tertiary/aromatic N) is 5. The van der Waals surface area contributed by atoms with Crippen LogP contribution in [0.4, 0.5) is 33.5 Å². The van der Waals surface area contributed by atoms with Gasteiger partial charge in [-0.15, -0.1) is 5.10 Å². The van der Waals surface area contributed by atoms with Gasteiger partial charge in [-0.3, -0.25) is 9.48 Å². The van der Waals surface area contributed by atoms with Gasteiger partial charge in [0.25, 0.3) is 5.91 Å². The first-order valence-corrected chi connectivity index (χ1v) is 11.7. The fraction of sp³-hybridized carbons (Fsp3) is 0.120. The lowest BCUT2D eigenvalue weighted by Gasteiger charge is -2.18. The Morgan fingerprint density at radius 3 is 2.48 bits per heavy atom. The fourth-order valence-corrected chi connectivity index (χ4v) is 4.32. The number of halogens is 6. The van der Waals surface area contributed by atoms with Crippen LogP contribution in [0.15, 0.2) is 48.7 Å². The molecule has 0 saturated carbocycles. The molecule has 206 valence electrons. The second kappa shape index (κ2) is 9.79. The first-order chi connectivity index (χ1) is 18.8. The van der Waals surface area contributed by atoms with Crippen LogP contribution in [0.1, 0.15) is 15.9 Å². The number of rotatable bonds is 5. The molecule has 0 unspecified atom stereocenters. The van der Waals surface area contributed by atoms with Crippen molar-refractivity contribution in [2.75, 3.05) is 11.1 Å². The van der Waals surface area contributed by atoms with Crippen LogP contribution in [0, 0.1) is 11.6 Å². The van der Waals surface area contributed by atoms with E-state index < -0.39 is 34.8 Å². The molecule has 9 nitrogen and oxygen atoms in total. The number of aryl methyl sites for hydroxylation is 2. The van der Waals surface area contributed by atoms with E-state index in [-0.39, 0.29) is 39.5 Å². The number of carbonyl (C=O) groups is 1. The van der Waals surface area contributed by atoms with Crippen LogP contribution >= 0.6 is 11.6 Å².